The van der Waals surface area contributed by atoms with E-state index in [1.807, 2.05) is 0 Å². The van der Waals surface area contributed by atoms with Gasteiger partial charge in [0.1, 0.15) is 5.82 Å². The van der Waals surface area contributed by atoms with Gasteiger partial charge in [-0.3, -0.25) is 14.9 Å². The standard InChI is InChI=1S/C22H16FN5O3S/c23-16-5-3-14(4-6-16)15-9-19-18(20(29)10-15)11-27-21(24-19)25-22(26-27)32-12-13-1-7-17(8-2-13)28(30)31/h1-8,11,15H,9-10,12H2. The summed E-state index contributed by atoms with van der Waals surface area (Å²) in [6.07, 6.45) is 2.58. The first-order valence-corrected chi connectivity index (χ1v) is 10.9. The molecule has 0 bridgehead atoms. The highest BCUT2D eigenvalue weighted by atomic mass is 32.2. The van der Waals surface area contributed by atoms with Gasteiger partial charge >= 0.3 is 0 Å². The van der Waals surface area contributed by atoms with Gasteiger partial charge in [-0.05, 0) is 35.6 Å². The fourth-order valence-electron chi connectivity index (χ4n) is 3.76. The molecule has 160 valence electrons. The van der Waals surface area contributed by atoms with Crippen molar-refractivity contribution >= 4 is 29.0 Å². The molecule has 0 fully saturated rings. The number of carbonyl (C=O) groups is 1. The SMILES string of the molecule is O=C1CC(c2ccc(F)cc2)Cc2nc3nc(SCc4ccc([N+](=O)[O-])cc4)nn3cc21. The van der Waals surface area contributed by atoms with Gasteiger partial charge in [0.2, 0.25) is 5.16 Å². The van der Waals surface area contributed by atoms with Gasteiger partial charge in [-0.2, -0.15) is 4.98 Å². The molecular weight excluding hydrogens is 433 g/mol. The average Bonchev–Trinajstić information content (AvgIpc) is 3.19. The molecule has 0 spiro atoms. The van der Waals surface area contributed by atoms with Gasteiger partial charge in [0.15, 0.2) is 5.78 Å². The first-order valence-electron chi connectivity index (χ1n) is 9.87. The minimum Gasteiger partial charge on any atom is -0.294 e. The molecule has 0 radical (unpaired) electrons. The number of nitro groups is 1. The predicted molar refractivity (Wildman–Crippen MR) is 115 cm³/mol. The molecule has 0 saturated carbocycles. The molecule has 0 amide bonds. The third kappa shape index (κ3) is 3.96. The normalized spacial score (nSPS) is 15.7. The van der Waals surface area contributed by atoms with Gasteiger partial charge < -0.3 is 0 Å². The molecule has 1 aliphatic rings. The van der Waals surface area contributed by atoms with Crippen LogP contribution >= 0.6 is 11.8 Å². The van der Waals surface area contributed by atoms with Crippen LogP contribution in [-0.2, 0) is 12.2 Å². The van der Waals surface area contributed by atoms with Gasteiger partial charge in [-0.25, -0.2) is 13.9 Å². The maximum absolute atomic E-state index is 13.2. The number of hydrogen-bond acceptors (Lipinski definition) is 7. The van der Waals surface area contributed by atoms with Gasteiger partial charge in [0.05, 0.1) is 16.2 Å². The molecule has 8 nitrogen and oxygen atoms in total. The summed E-state index contributed by atoms with van der Waals surface area (Å²) >= 11 is 1.38. The Labute approximate surface area is 185 Å². The number of nitrogens with zero attached hydrogens (tertiary/aromatic N) is 5. The minimum atomic E-state index is -0.435. The van der Waals surface area contributed by atoms with Crippen molar-refractivity contribution in [3.8, 4) is 0 Å². The maximum atomic E-state index is 13.2. The van der Waals surface area contributed by atoms with Gasteiger partial charge in [0, 0.05) is 30.5 Å². The third-order valence-corrected chi connectivity index (χ3v) is 6.33. The molecule has 1 unspecified atom stereocenters. The Balaban J connectivity index is 1.36. The molecule has 5 rings (SSSR count). The summed E-state index contributed by atoms with van der Waals surface area (Å²) in [4.78, 5) is 32.1. The van der Waals surface area contributed by atoms with Crippen molar-refractivity contribution in [1.82, 2.24) is 19.6 Å². The fraction of sp³-hybridized carbons (Fsp3) is 0.182. The fourth-order valence-corrected chi connectivity index (χ4v) is 4.54. The molecule has 4 aromatic rings. The van der Waals surface area contributed by atoms with Crippen molar-refractivity contribution in [2.45, 2.75) is 29.7 Å². The highest BCUT2D eigenvalue weighted by molar-refractivity contribution is 7.98. The number of ketones is 1. The smallest absolute Gasteiger partial charge is 0.269 e. The van der Waals surface area contributed by atoms with Gasteiger partial charge in [-0.15, -0.1) is 5.10 Å². The van der Waals surface area contributed by atoms with Crippen LogP contribution in [0.25, 0.3) is 5.78 Å². The van der Waals surface area contributed by atoms with Crippen LogP contribution in [0.3, 0.4) is 0 Å². The summed E-state index contributed by atoms with van der Waals surface area (Å²) in [7, 11) is 0. The van der Waals surface area contributed by atoms with E-state index in [9.17, 15) is 19.3 Å². The summed E-state index contributed by atoms with van der Waals surface area (Å²) in [5.41, 5.74) is 3.06. The molecule has 0 aliphatic heterocycles. The number of rotatable bonds is 5. The summed E-state index contributed by atoms with van der Waals surface area (Å²) in [5.74, 6) is 0.566. The average molecular weight is 449 g/mol. The van der Waals surface area contributed by atoms with E-state index in [0.717, 1.165) is 11.1 Å². The molecule has 2 aromatic carbocycles. The Morgan fingerprint density at radius 2 is 1.84 bits per heavy atom. The van der Waals surface area contributed by atoms with Crippen molar-refractivity contribution in [3.63, 3.8) is 0 Å². The minimum absolute atomic E-state index is 0.0226. The Morgan fingerprint density at radius 1 is 1.09 bits per heavy atom. The third-order valence-electron chi connectivity index (χ3n) is 5.42. The van der Waals surface area contributed by atoms with E-state index in [-0.39, 0.29) is 23.2 Å². The zero-order valence-corrected chi connectivity index (χ0v) is 17.5. The lowest BCUT2D eigenvalue weighted by Gasteiger charge is -2.23. The van der Waals surface area contributed by atoms with E-state index < -0.39 is 4.92 Å². The number of carbonyl (C=O) groups excluding carboxylic acids is 1. The van der Waals surface area contributed by atoms with E-state index in [2.05, 4.69) is 15.1 Å². The first kappa shape index (κ1) is 20.3. The quantitative estimate of drug-likeness (QED) is 0.253. The van der Waals surface area contributed by atoms with Crippen molar-refractivity contribution in [3.05, 3.63) is 93.0 Å². The summed E-state index contributed by atoms with van der Waals surface area (Å²) in [5, 5.41) is 15.7. The molecule has 1 aliphatic carbocycles. The van der Waals surface area contributed by atoms with Crippen molar-refractivity contribution in [2.24, 2.45) is 0 Å². The number of benzene rings is 2. The van der Waals surface area contributed by atoms with E-state index in [0.29, 0.717) is 40.8 Å². The van der Waals surface area contributed by atoms with Crippen molar-refractivity contribution < 1.29 is 14.1 Å². The Hall–Kier alpha value is -3.66. The summed E-state index contributed by atoms with van der Waals surface area (Å²) in [6, 6.07) is 12.6. The molecule has 1 atom stereocenters. The zero-order chi connectivity index (χ0) is 22.2. The van der Waals surface area contributed by atoms with Crippen LogP contribution in [0.5, 0.6) is 0 Å². The number of fused-ring (bicyclic) bond motifs is 2. The number of Topliss-reactive ketones (excluding diaryl/α,β-unsaturated/α-hetero) is 1. The van der Waals surface area contributed by atoms with Gasteiger partial charge in [-0.1, -0.05) is 36.0 Å². The topological polar surface area (TPSA) is 103 Å². The monoisotopic (exact) mass is 449 g/mol. The summed E-state index contributed by atoms with van der Waals surface area (Å²) < 4.78 is 14.7. The Bertz CT molecular complexity index is 1340. The molecule has 0 saturated heterocycles. The van der Waals surface area contributed by atoms with Crippen molar-refractivity contribution in [1.29, 1.82) is 0 Å². The van der Waals surface area contributed by atoms with Crippen LogP contribution in [0, 0.1) is 15.9 Å². The van der Waals surface area contributed by atoms with Crippen LogP contribution < -0.4 is 0 Å². The van der Waals surface area contributed by atoms with Gasteiger partial charge in [0.25, 0.3) is 11.5 Å². The molecule has 2 heterocycles. The number of nitro benzene ring substituents is 1. The molecule has 0 N–H and O–H groups in total. The lowest BCUT2D eigenvalue weighted by Crippen LogP contribution is -2.21. The second kappa shape index (κ2) is 8.12. The van der Waals surface area contributed by atoms with Crippen LogP contribution in [0.4, 0.5) is 10.1 Å². The van der Waals surface area contributed by atoms with Crippen LogP contribution in [-0.4, -0.2) is 30.3 Å². The largest absolute Gasteiger partial charge is 0.294 e. The second-order valence-electron chi connectivity index (χ2n) is 7.53. The maximum Gasteiger partial charge on any atom is 0.269 e. The highest BCUT2D eigenvalue weighted by Gasteiger charge is 2.28. The van der Waals surface area contributed by atoms with Crippen LogP contribution in [0.2, 0.25) is 0 Å². The second-order valence-corrected chi connectivity index (χ2v) is 8.47. The Morgan fingerprint density at radius 3 is 2.56 bits per heavy atom. The van der Waals surface area contributed by atoms with Crippen LogP contribution in [0.15, 0.2) is 59.9 Å². The first-order chi connectivity index (χ1) is 15.5. The summed E-state index contributed by atoms with van der Waals surface area (Å²) in [6.45, 7) is 0. The molecule has 2 aromatic heterocycles. The van der Waals surface area contributed by atoms with E-state index in [1.165, 1.54) is 40.5 Å². The lowest BCUT2D eigenvalue weighted by atomic mass is 9.82. The predicted octanol–water partition coefficient (Wildman–Crippen LogP) is 4.38. The van der Waals surface area contributed by atoms with E-state index >= 15 is 0 Å². The van der Waals surface area contributed by atoms with E-state index in [4.69, 9.17) is 0 Å². The lowest BCUT2D eigenvalue weighted by molar-refractivity contribution is -0.384. The van der Waals surface area contributed by atoms with Crippen LogP contribution in [0.1, 0.15) is 39.5 Å². The number of halogens is 1. The van der Waals surface area contributed by atoms with Crippen molar-refractivity contribution in [2.75, 3.05) is 0 Å². The number of non-ortho nitro benzene ring substituents is 1. The number of hydrogen-bond donors (Lipinski definition) is 0. The molecule has 32 heavy (non-hydrogen) atoms. The van der Waals surface area contributed by atoms with E-state index in [1.54, 1.807) is 30.5 Å². The highest BCUT2D eigenvalue weighted by Crippen LogP contribution is 2.32. The number of thioether (sulfide) groups is 1. The Kier molecular flexibility index (Phi) is 5.14. The number of aromatic nitrogens is 4. The molecular formula is C22H16FN5O3S. The molecule has 10 heteroatoms. The zero-order valence-electron chi connectivity index (χ0n) is 16.6.